The van der Waals surface area contributed by atoms with Gasteiger partial charge in [-0.2, -0.15) is 0 Å². The molecule has 2 aromatic rings. The lowest BCUT2D eigenvalue weighted by molar-refractivity contribution is -0.136. The summed E-state index contributed by atoms with van der Waals surface area (Å²) in [5.41, 5.74) is 7.53. The molecule has 7 nitrogen and oxygen atoms in total. The zero-order valence-corrected chi connectivity index (χ0v) is 10.8. The van der Waals surface area contributed by atoms with Gasteiger partial charge >= 0.3 is 5.97 Å². The standard InChI is InChI=1S/C12H15N5O2/c1-3-8(12(18)19-2)4-5-17-7-16-9-10(13)14-6-15-11(9)17/h4,6-7H,3,5H2,1-2H3,(H2,13,14,15). The van der Waals surface area contributed by atoms with E-state index < -0.39 is 0 Å². The van der Waals surface area contributed by atoms with Gasteiger partial charge in [-0.3, -0.25) is 0 Å². The van der Waals surface area contributed by atoms with Crippen LogP contribution < -0.4 is 5.73 Å². The molecule has 0 radical (unpaired) electrons. The Morgan fingerprint density at radius 1 is 1.47 bits per heavy atom. The van der Waals surface area contributed by atoms with Gasteiger partial charge < -0.3 is 15.0 Å². The molecule has 0 aliphatic heterocycles. The molecule has 0 bridgehead atoms. The van der Waals surface area contributed by atoms with Crippen LogP contribution in [0.1, 0.15) is 13.3 Å². The SMILES string of the molecule is CCC(=CCn1cnc2c(N)ncnc21)C(=O)OC. The summed E-state index contributed by atoms with van der Waals surface area (Å²) in [6, 6.07) is 0. The van der Waals surface area contributed by atoms with Crippen LogP contribution in [-0.2, 0) is 16.1 Å². The summed E-state index contributed by atoms with van der Waals surface area (Å²) in [6.45, 7) is 2.38. The predicted octanol–water partition coefficient (Wildman–Crippen LogP) is 0.918. The van der Waals surface area contributed by atoms with E-state index in [1.54, 1.807) is 17.0 Å². The molecule has 19 heavy (non-hydrogen) atoms. The fourth-order valence-corrected chi connectivity index (χ4v) is 1.74. The fraction of sp³-hybridized carbons (Fsp3) is 0.333. The van der Waals surface area contributed by atoms with Crippen molar-refractivity contribution >= 4 is 23.0 Å². The van der Waals surface area contributed by atoms with Crippen LogP contribution in [0.25, 0.3) is 11.2 Å². The van der Waals surface area contributed by atoms with Crippen LogP contribution in [0, 0.1) is 0 Å². The van der Waals surface area contributed by atoms with Crippen molar-refractivity contribution in [3.63, 3.8) is 0 Å². The monoisotopic (exact) mass is 261 g/mol. The summed E-state index contributed by atoms with van der Waals surface area (Å²) < 4.78 is 6.50. The van der Waals surface area contributed by atoms with Gasteiger partial charge in [-0.15, -0.1) is 0 Å². The summed E-state index contributed by atoms with van der Waals surface area (Å²) in [6.07, 6.45) is 5.42. The van der Waals surface area contributed by atoms with E-state index in [9.17, 15) is 4.79 Å². The zero-order chi connectivity index (χ0) is 13.8. The molecule has 0 fully saturated rings. The number of hydrogen-bond donors (Lipinski definition) is 1. The molecule has 100 valence electrons. The Morgan fingerprint density at radius 3 is 2.95 bits per heavy atom. The average Bonchev–Trinajstić information content (AvgIpc) is 2.84. The molecule has 7 heteroatoms. The molecule has 0 atom stereocenters. The first-order chi connectivity index (χ1) is 9.17. The lowest BCUT2D eigenvalue weighted by Crippen LogP contribution is -2.06. The molecular formula is C12H15N5O2. The summed E-state index contributed by atoms with van der Waals surface area (Å²) in [5, 5.41) is 0. The van der Waals surface area contributed by atoms with Crippen LogP contribution >= 0.6 is 0 Å². The van der Waals surface area contributed by atoms with E-state index in [4.69, 9.17) is 10.5 Å². The van der Waals surface area contributed by atoms with Gasteiger partial charge in [0.1, 0.15) is 11.8 Å². The van der Waals surface area contributed by atoms with Gasteiger partial charge in [-0.1, -0.05) is 13.0 Å². The van der Waals surface area contributed by atoms with Crippen molar-refractivity contribution in [3.8, 4) is 0 Å². The second kappa shape index (κ2) is 5.47. The Hall–Kier alpha value is -2.44. The fourth-order valence-electron chi connectivity index (χ4n) is 1.74. The number of esters is 1. The smallest absolute Gasteiger partial charge is 0.333 e. The first-order valence-corrected chi connectivity index (χ1v) is 5.86. The molecule has 0 saturated heterocycles. The Bertz CT molecular complexity index is 632. The van der Waals surface area contributed by atoms with Crippen molar-refractivity contribution in [2.75, 3.05) is 12.8 Å². The van der Waals surface area contributed by atoms with Crippen LogP contribution in [0.2, 0.25) is 0 Å². The Morgan fingerprint density at radius 2 is 2.26 bits per heavy atom. The third-order valence-corrected chi connectivity index (χ3v) is 2.79. The van der Waals surface area contributed by atoms with E-state index >= 15 is 0 Å². The first-order valence-electron chi connectivity index (χ1n) is 5.86. The van der Waals surface area contributed by atoms with E-state index in [0.717, 1.165) is 0 Å². The number of nitrogens with two attached hydrogens (primary N) is 1. The van der Waals surface area contributed by atoms with Crippen LogP contribution in [0.5, 0.6) is 0 Å². The maximum Gasteiger partial charge on any atom is 0.333 e. The summed E-state index contributed by atoms with van der Waals surface area (Å²) in [5.74, 6) is 0.0254. The van der Waals surface area contributed by atoms with Gasteiger partial charge in [0.15, 0.2) is 11.5 Å². The second-order valence-electron chi connectivity index (χ2n) is 3.90. The first kappa shape index (κ1) is 13.0. The highest BCUT2D eigenvalue weighted by Gasteiger charge is 2.09. The van der Waals surface area contributed by atoms with E-state index in [0.29, 0.717) is 35.5 Å². The third-order valence-electron chi connectivity index (χ3n) is 2.79. The highest BCUT2D eigenvalue weighted by atomic mass is 16.5. The number of nitrogens with zero attached hydrogens (tertiary/aromatic N) is 4. The minimum atomic E-state index is -0.318. The van der Waals surface area contributed by atoms with E-state index in [2.05, 4.69) is 15.0 Å². The lowest BCUT2D eigenvalue weighted by Gasteiger charge is -2.03. The zero-order valence-electron chi connectivity index (χ0n) is 10.8. The Labute approximate surface area is 110 Å². The number of carbonyl (C=O) groups excluding carboxylic acids is 1. The number of carbonyl (C=O) groups is 1. The maximum atomic E-state index is 11.5. The predicted molar refractivity (Wildman–Crippen MR) is 70.1 cm³/mol. The van der Waals surface area contributed by atoms with E-state index in [-0.39, 0.29) is 5.97 Å². The number of imidazole rings is 1. The quantitative estimate of drug-likeness (QED) is 0.649. The molecular weight excluding hydrogens is 246 g/mol. The molecule has 0 unspecified atom stereocenters. The molecule has 2 aromatic heterocycles. The van der Waals surface area contributed by atoms with Crippen molar-refractivity contribution in [1.82, 2.24) is 19.5 Å². The minimum absolute atomic E-state index is 0.318. The summed E-state index contributed by atoms with van der Waals surface area (Å²) in [4.78, 5) is 23.6. The molecule has 0 saturated carbocycles. The van der Waals surface area contributed by atoms with Crippen LogP contribution in [0.15, 0.2) is 24.3 Å². The van der Waals surface area contributed by atoms with Gasteiger partial charge in [0.25, 0.3) is 0 Å². The largest absolute Gasteiger partial charge is 0.466 e. The van der Waals surface area contributed by atoms with Crippen molar-refractivity contribution in [2.24, 2.45) is 0 Å². The van der Waals surface area contributed by atoms with E-state index in [1.165, 1.54) is 13.4 Å². The molecule has 0 aromatic carbocycles. The summed E-state index contributed by atoms with van der Waals surface area (Å²) >= 11 is 0. The van der Waals surface area contributed by atoms with E-state index in [1.807, 2.05) is 6.92 Å². The Balaban J connectivity index is 2.29. The number of hydrogen-bond acceptors (Lipinski definition) is 6. The summed E-state index contributed by atoms with van der Waals surface area (Å²) in [7, 11) is 1.37. The molecule has 2 heterocycles. The molecule has 0 spiro atoms. The van der Waals surface area contributed by atoms with Crippen LogP contribution in [0.4, 0.5) is 5.82 Å². The minimum Gasteiger partial charge on any atom is -0.466 e. The molecule has 2 rings (SSSR count). The van der Waals surface area contributed by atoms with Crippen molar-refractivity contribution in [1.29, 1.82) is 0 Å². The number of anilines is 1. The number of methoxy groups -OCH3 is 1. The number of rotatable bonds is 4. The van der Waals surface area contributed by atoms with Crippen LogP contribution in [-0.4, -0.2) is 32.6 Å². The van der Waals surface area contributed by atoms with Gasteiger partial charge in [-0.05, 0) is 6.42 Å². The highest BCUT2D eigenvalue weighted by molar-refractivity contribution is 5.88. The second-order valence-corrected chi connectivity index (χ2v) is 3.90. The van der Waals surface area contributed by atoms with Crippen molar-refractivity contribution in [2.45, 2.75) is 19.9 Å². The molecule has 0 aliphatic carbocycles. The maximum absolute atomic E-state index is 11.5. The molecule has 2 N–H and O–H groups in total. The average molecular weight is 261 g/mol. The van der Waals surface area contributed by atoms with Crippen molar-refractivity contribution in [3.05, 3.63) is 24.3 Å². The van der Waals surface area contributed by atoms with Gasteiger partial charge in [0.2, 0.25) is 0 Å². The number of fused-ring (bicyclic) bond motifs is 1. The van der Waals surface area contributed by atoms with Gasteiger partial charge in [0, 0.05) is 12.1 Å². The van der Waals surface area contributed by atoms with Gasteiger partial charge in [-0.25, -0.2) is 19.7 Å². The van der Waals surface area contributed by atoms with Crippen molar-refractivity contribution < 1.29 is 9.53 Å². The topological polar surface area (TPSA) is 95.9 Å². The normalized spacial score (nSPS) is 11.8. The van der Waals surface area contributed by atoms with Crippen LogP contribution in [0.3, 0.4) is 0 Å². The number of aromatic nitrogens is 4. The molecule has 0 aliphatic rings. The highest BCUT2D eigenvalue weighted by Crippen LogP contribution is 2.14. The Kier molecular flexibility index (Phi) is 3.74. The lowest BCUT2D eigenvalue weighted by atomic mass is 10.2. The number of nitrogen functional groups attached to an aromatic ring is 1. The molecule has 0 amide bonds. The third kappa shape index (κ3) is 2.54. The number of allylic oxidation sites excluding steroid dienone is 1. The van der Waals surface area contributed by atoms with Gasteiger partial charge in [0.05, 0.1) is 13.4 Å². The number of ether oxygens (including phenoxy) is 1.